The Balaban J connectivity index is 1.57. The summed E-state index contributed by atoms with van der Waals surface area (Å²) in [7, 11) is -7.08. The van der Waals surface area contributed by atoms with Crippen molar-refractivity contribution in [3.8, 4) is 5.75 Å². The summed E-state index contributed by atoms with van der Waals surface area (Å²) in [5, 5.41) is 0. The Kier molecular flexibility index (Phi) is 5.73. The Morgan fingerprint density at radius 3 is 2.26 bits per heavy atom. The summed E-state index contributed by atoms with van der Waals surface area (Å²) >= 11 is 0. The number of benzene rings is 3. The lowest BCUT2D eigenvalue weighted by Gasteiger charge is -2.38. The van der Waals surface area contributed by atoms with E-state index in [0.29, 0.717) is 24.5 Å². The fourth-order valence-electron chi connectivity index (χ4n) is 4.30. The SMILES string of the molecule is O=S1(=O)CCN(c2ccc3c(c2)OCC(c2ccccc2)N3S(=O)(=O)c2ccc(F)cc2)CC1. The lowest BCUT2D eigenvalue weighted by molar-refractivity contribution is 0.275. The van der Waals surface area contributed by atoms with Crippen LogP contribution >= 0.6 is 0 Å². The largest absolute Gasteiger partial charge is 0.489 e. The average molecular weight is 503 g/mol. The first kappa shape index (κ1) is 22.7. The molecule has 3 aromatic carbocycles. The Morgan fingerprint density at radius 2 is 1.59 bits per heavy atom. The molecule has 2 heterocycles. The molecule has 0 bridgehead atoms. The minimum absolute atomic E-state index is 0.0204. The number of sulfone groups is 1. The maximum atomic E-state index is 13.8. The first-order chi connectivity index (χ1) is 16.2. The molecule has 0 amide bonds. The van der Waals surface area contributed by atoms with Crippen LogP contribution in [0.25, 0.3) is 0 Å². The fraction of sp³-hybridized carbons (Fsp3) is 0.250. The first-order valence-electron chi connectivity index (χ1n) is 10.8. The highest BCUT2D eigenvalue weighted by molar-refractivity contribution is 7.93. The highest BCUT2D eigenvalue weighted by atomic mass is 32.2. The van der Waals surface area contributed by atoms with Gasteiger partial charge >= 0.3 is 0 Å². The van der Waals surface area contributed by atoms with Crippen molar-refractivity contribution in [2.45, 2.75) is 10.9 Å². The zero-order valence-corrected chi connectivity index (χ0v) is 19.8. The molecule has 0 saturated carbocycles. The van der Waals surface area contributed by atoms with Crippen molar-refractivity contribution < 1.29 is 26.0 Å². The normalized spacial score (nSPS) is 19.9. The van der Waals surface area contributed by atoms with Gasteiger partial charge in [0, 0.05) is 24.8 Å². The van der Waals surface area contributed by atoms with Gasteiger partial charge in [0.05, 0.1) is 22.1 Å². The van der Waals surface area contributed by atoms with Crippen LogP contribution in [0.4, 0.5) is 15.8 Å². The van der Waals surface area contributed by atoms with Crippen LogP contribution in [0, 0.1) is 5.82 Å². The van der Waals surface area contributed by atoms with E-state index in [9.17, 15) is 21.2 Å². The minimum atomic E-state index is -4.05. The van der Waals surface area contributed by atoms with Gasteiger partial charge in [-0.1, -0.05) is 30.3 Å². The van der Waals surface area contributed by atoms with Crippen molar-refractivity contribution in [1.29, 1.82) is 0 Å². The summed E-state index contributed by atoms with van der Waals surface area (Å²) in [6, 6.07) is 18.6. The Labute approximate surface area is 198 Å². The summed E-state index contributed by atoms with van der Waals surface area (Å²) in [6.07, 6.45) is 0. The number of ether oxygens (including phenoxy) is 1. The van der Waals surface area contributed by atoms with Crippen LogP contribution in [0.2, 0.25) is 0 Å². The van der Waals surface area contributed by atoms with E-state index in [2.05, 4.69) is 0 Å². The molecule has 1 unspecified atom stereocenters. The number of hydrogen-bond donors (Lipinski definition) is 0. The van der Waals surface area contributed by atoms with Crippen molar-refractivity contribution >= 4 is 31.2 Å². The Hall–Kier alpha value is -3.11. The van der Waals surface area contributed by atoms with E-state index in [4.69, 9.17) is 4.74 Å². The number of hydrogen-bond acceptors (Lipinski definition) is 6. The zero-order valence-electron chi connectivity index (χ0n) is 18.2. The maximum absolute atomic E-state index is 13.8. The summed E-state index contributed by atoms with van der Waals surface area (Å²) in [5.74, 6) is 0.0241. The number of fused-ring (bicyclic) bond motifs is 1. The lowest BCUT2D eigenvalue weighted by atomic mass is 10.1. The third-order valence-electron chi connectivity index (χ3n) is 6.12. The molecule has 1 saturated heterocycles. The van der Waals surface area contributed by atoms with Gasteiger partial charge in [-0.25, -0.2) is 21.2 Å². The molecule has 7 nitrogen and oxygen atoms in total. The predicted molar refractivity (Wildman–Crippen MR) is 128 cm³/mol. The standard InChI is InChI=1S/C24H23FN2O5S2/c25-19-6-9-21(10-7-19)34(30,31)27-22-11-8-20(26-12-14-33(28,29)15-13-26)16-24(22)32-17-23(27)18-4-2-1-3-5-18/h1-11,16,23H,12-15,17H2. The second kappa shape index (κ2) is 8.59. The van der Waals surface area contributed by atoms with Crippen LogP contribution < -0.4 is 13.9 Å². The molecule has 1 fully saturated rings. The molecule has 2 aliphatic heterocycles. The number of sulfonamides is 1. The van der Waals surface area contributed by atoms with E-state index in [1.807, 2.05) is 35.2 Å². The van der Waals surface area contributed by atoms with Crippen LogP contribution in [0.3, 0.4) is 0 Å². The monoisotopic (exact) mass is 502 g/mol. The van der Waals surface area contributed by atoms with Crippen LogP contribution in [-0.2, 0) is 19.9 Å². The highest BCUT2D eigenvalue weighted by Crippen LogP contribution is 2.44. The molecule has 34 heavy (non-hydrogen) atoms. The molecule has 0 N–H and O–H groups in total. The summed E-state index contributed by atoms with van der Waals surface area (Å²) in [5.41, 5.74) is 1.91. The van der Waals surface area contributed by atoms with Gasteiger partial charge in [-0.05, 0) is 42.0 Å². The maximum Gasteiger partial charge on any atom is 0.265 e. The van der Waals surface area contributed by atoms with Crippen molar-refractivity contribution in [2.75, 3.05) is 40.4 Å². The molecule has 0 aliphatic carbocycles. The molecule has 0 radical (unpaired) electrons. The Bertz CT molecular complexity index is 1400. The van der Waals surface area contributed by atoms with Crippen molar-refractivity contribution in [1.82, 2.24) is 0 Å². The zero-order chi connectivity index (χ0) is 23.9. The van der Waals surface area contributed by atoms with Crippen LogP contribution in [0.15, 0.2) is 77.7 Å². The lowest BCUT2D eigenvalue weighted by Crippen LogP contribution is -2.42. The van der Waals surface area contributed by atoms with E-state index < -0.39 is 31.7 Å². The molecule has 1 atom stereocenters. The van der Waals surface area contributed by atoms with Gasteiger partial charge < -0.3 is 9.64 Å². The fourth-order valence-corrected chi connectivity index (χ4v) is 7.13. The van der Waals surface area contributed by atoms with Crippen LogP contribution in [0.1, 0.15) is 11.6 Å². The molecular formula is C24H23FN2O5S2. The minimum Gasteiger partial charge on any atom is -0.489 e. The van der Waals surface area contributed by atoms with Gasteiger partial charge in [0.25, 0.3) is 10.0 Å². The third-order valence-corrected chi connectivity index (χ3v) is 9.57. The highest BCUT2D eigenvalue weighted by Gasteiger charge is 2.38. The molecule has 178 valence electrons. The molecule has 10 heteroatoms. The number of anilines is 2. The van der Waals surface area contributed by atoms with Gasteiger partial charge in [-0.15, -0.1) is 0 Å². The van der Waals surface area contributed by atoms with E-state index in [-0.39, 0.29) is 23.0 Å². The topological polar surface area (TPSA) is 84.0 Å². The van der Waals surface area contributed by atoms with Crippen molar-refractivity contribution in [3.05, 3.63) is 84.2 Å². The van der Waals surface area contributed by atoms with Crippen LogP contribution in [0.5, 0.6) is 5.75 Å². The predicted octanol–water partition coefficient (Wildman–Crippen LogP) is 3.39. The molecular weight excluding hydrogens is 479 g/mol. The molecule has 0 aromatic heterocycles. The summed E-state index contributed by atoms with van der Waals surface area (Å²) < 4.78 is 72.0. The first-order valence-corrected chi connectivity index (χ1v) is 14.1. The Morgan fingerprint density at radius 1 is 0.912 bits per heavy atom. The number of rotatable bonds is 4. The average Bonchev–Trinajstić information content (AvgIpc) is 2.84. The van der Waals surface area contributed by atoms with Gasteiger partial charge in [0.15, 0.2) is 9.84 Å². The molecule has 2 aliphatic rings. The second-order valence-corrected chi connectivity index (χ2v) is 12.4. The quantitative estimate of drug-likeness (QED) is 0.544. The van der Waals surface area contributed by atoms with Crippen LogP contribution in [-0.4, -0.2) is 48.0 Å². The van der Waals surface area contributed by atoms with Gasteiger partial charge in [0.1, 0.15) is 24.2 Å². The summed E-state index contributed by atoms with van der Waals surface area (Å²) in [6.45, 7) is 0.825. The van der Waals surface area contributed by atoms with E-state index in [1.165, 1.54) is 16.4 Å². The molecule has 3 aromatic rings. The van der Waals surface area contributed by atoms with E-state index in [1.54, 1.807) is 18.2 Å². The number of nitrogens with zero attached hydrogens (tertiary/aromatic N) is 2. The van der Waals surface area contributed by atoms with Gasteiger partial charge in [0.2, 0.25) is 0 Å². The molecule has 5 rings (SSSR count). The molecule has 0 spiro atoms. The van der Waals surface area contributed by atoms with Gasteiger partial charge in [-0.3, -0.25) is 4.31 Å². The smallest absolute Gasteiger partial charge is 0.265 e. The number of halogens is 1. The summed E-state index contributed by atoms with van der Waals surface area (Å²) in [4.78, 5) is 1.93. The van der Waals surface area contributed by atoms with Crippen molar-refractivity contribution in [3.63, 3.8) is 0 Å². The van der Waals surface area contributed by atoms with Crippen molar-refractivity contribution in [2.24, 2.45) is 0 Å². The van der Waals surface area contributed by atoms with E-state index >= 15 is 0 Å². The van der Waals surface area contributed by atoms with E-state index in [0.717, 1.165) is 23.4 Å². The third kappa shape index (κ3) is 4.23. The second-order valence-electron chi connectivity index (χ2n) is 8.28. The van der Waals surface area contributed by atoms with Gasteiger partial charge in [-0.2, -0.15) is 0 Å².